The zero-order chi connectivity index (χ0) is 13.1. The lowest BCUT2D eigenvalue weighted by atomic mass is 10.1. The number of sulfone groups is 1. The Morgan fingerprint density at radius 1 is 1.29 bits per heavy atom. The summed E-state index contributed by atoms with van der Waals surface area (Å²) < 4.78 is 23.0. The lowest BCUT2D eigenvalue weighted by Crippen LogP contribution is -2.36. The van der Waals surface area contributed by atoms with E-state index in [1.807, 2.05) is 0 Å². The van der Waals surface area contributed by atoms with Crippen LogP contribution in [0.4, 0.5) is 0 Å². The molecular weight excluding hydrogens is 238 g/mol. The van der Waals surface area contributed by atoms with Gasteiger partial charge in [-0.15, -0.1) is 0 Å². The second-order valence-corrected chi connectivity index (χ2v) is 8.76. The molecule has 0 heterocycles. The molecule has 4 nitrogen and oxygen atoms in total. The van der Waals surface area contributed by atoms with E-state index in [9.17, 15) is 13.5 Å². The number of nitrogens with one attached hydrogen (secondary N) is 1. The highest BCUT2D eigenvalue weighted by molar-refractivity contribution is 7.92. The van der Waals surface area contributed by atoms with E-state index in [1.165, 1.54) is 0 Å². The van der Waals surface area contributed by atoms with E-state index < -0.39 is 14.6 Å². The second kappa shape index (κ2) is 5.67. The van der Waals surface area contributed by atoms with Crippen LogP contribution >= 0.6 is 0 Å². The second-order valence-electron chi connectivity index (χ2n) is 5.89. The van der Waals surface area contributed by atoms with Crippen molar-refractivity contribution in [2.45, 2.75) is 50.9 Å². The Balaban J connectivity index is 2.25. The highest BCUT2D eigenvalue weighted by Gasteiger charge is 2.29. The Hall–Kier alpha value is -0.130. The van der Waals surface area contributed by atoms with Gasteiger partial charge in [-0.05, 0) is 39.5 Å². The van der Waals surface area contributed by atoms with E-state index in [4.69, 9.17) is 0 Å². The van der Waals surface area contributed by atoms with Crippen LogP contribution in [0.1, 0.15) is 40.0 Å². The Kier molecular flexibility index (Phi) is 4.98. The maximum absolute atomic E-state index is 11.8. The molecule has 1 fully saturated rings. The average molecular weight is 263 g/mol. The van der Waals surface area contributed by atoms with Crippen LogP contribution in [-0.2, 0) is 9.84 Å². The summed E-state index contributed by atoms with van der Waals surface area (Å²) in [5.74, 6) is 0.464. The summed E-state index contributed by atoms with van der Waals surface area (Å²) in [5.41, 5.74) is 0. The number of aliphatic hydroxyl groups is 1. The number of hydrogen-bond acceptors (Lipinski definition) is 4. The smallest absolute Gasteiger partial charge is 0.156 e. The van der Waals surface area contributed by atoms with Crippen LogP contribution in [0.15, 0.2) is 0 Å². The molecule has 102 valence electrons. The first-order chi connectivity index (χ1) is 7.74. The lowest BCUT2D eigenvalue weighted by Gasteiger charge is -2.20. The third kappa shape index (κ3) is 4.23. The molecule has 2 unspecified atom stereocenters. The molecule has 0 bridgehead atoms. The summed E-state index contributed by atoms with van der Waals surface area (Å²) in [4.78, 5) is 0. The Labute approximate surface area is 105 Å². The highest BCUT2D eigenvalue weighted by atomic mass is 32.2. The van der Waals surface area contributed by atoms with Crippen LogP contribution in [0.2, 0.25) is 0 Å². The summed E-state index contributed by atoms with van der Waals surface area (Å²) in [5, 5.41) is 12.8. The largest absolute Gasteiger partial charge is 0.393 e. The van der Waals surface area contributed by atoms with Crippen molar-refractivity contribution in [1.29, 1.82) is 0 Å². The molecule has 1 aliphatic carbocycles. The van der Waals surface area contributed by atoms with Crippen LogP contribution in [0, 0.1) is 5.92 Å². The standard InChI is InChI=1S/C12H25NO3S/c1-12(2,3)17(15,16)8-7-13-9-10-5-4-6-11(10)14/h10-11,13-14H,4-9H2,1-3H3. The monoisotopic (exact) mass is 263 g/mol. The SMILES string of the molecule is CC(C)(C)S(=O)(=O)CCNCC1CCCC1O. The van der Waals surface area contributed by atoms with Gasteiger partial charge in [-0.2, -0.15) is 0 Å². The van der Waals surface area contributed by atoms with E-state index in [2.05, 4.69) is 5.32 Å². The molecule has 1 aliphatic rings. The molecule has 0 amide bonds. The lowest BCUT2D eigenvalue weighted by molar-refractivity contribution is 0.132. The van der Waals surface area contributed by atoms with E-state index in [-0.39, 0.29) is 11.9 Å². The molecule has 17 heavy (non-hydrogen) atoms. The van der Waals surface area contributed by atoms with Crippen molar-refractivity contribution >= 4 is 9.84 Å². The molecular formula is C12H25NO3S. The van der Waals surface area contributed by atoms with Gasteiger partial charge in [0.25, 0.3) is 0 Å². The van der Waals surface area contributed by atoms with Crippen LogP contribution in [-0.4, -0.2) is 43.2 Å². The molecule has 0 aromatic rings. The molecule has 0 aromatic carbocycles. The van der Waals surface area contributed by atoms with Gasteiger partial charge in [0, 0.05) is 13.1 Å². The maximum atomic E-state index is 11.8. The fourth-order valence-electron chi connectivity index (χ4n) is 2.06. The van der Waals surface area contributed by atoms with Crippen molar-refractivity contribution in [3.63, 3.8) is 0 Å². The normalized spacial score (nSPS) is 26.4. The Morgan fingerprint density at radius 2 is 1.94 bits per heavy atom. The van der Waals surface area contributed by atoms with Gasteiger partial charge in [0.1, 0.15) is 0 Å². The van der Waals surface area contributed by atoms with Crippen molar-refractivity contribution in [3.8, 4) is 0 Å². The minimum atomic E-state index is -3.03. The van der Waals surface area contributed by atoms with E-state index >= 15 is 0 Å². The summed E-state index contributed by atoms with van der Waals surface area (Å²) in [6, 6.07) is 0. The molecule has 1 rings (SSSR count). The predicted octanol–water partition coefficient (Wildman–Crippen LogP) is 0.950. The minimum Gasteiger partial charge on any atom is -0.393 e. The predicted molar refractivity (Wildman–Crippen MR) is 69.8 cm³/mol. The zero-order valence-corrected chi connectivity index (χ0v) is 11.9. The first-order valence-electron chi connectivity index (χ1n) is 6.35. The van der Waals surface area contributed by atoms with Crippen molar-refractivity contribution in [2.75, 3.05) is 18.8 Å². The minimum absolute atomic E-state index is 0.166. The van der Waals surface area contributed by atoms with Crippen molar-refractivity contribution < 1.29 is 13.5 Å². The first-order valence-corrected chi connectivity index (χ1v) is 8.00. The zero-order valence-electron chi connectivity index (χ0n) is 11.1. The molecule has 0 saturated heterocycles. The van der Waals surface area contributed by atoms with Crippen LogP contribution < -0.4 is 5.32 Å². The maximum Gasteiger partial charge on any atom is 0.156 e. The third-order valence-corrected chi connectivity index (χ3v) is 6.11. The number of rotatable bonds is 5. The molecule has 5 heteroatoms. The summed E-state index contributed by atoms with van der Waals surface area (Å²) in [6.45, 7) is 6.37. The van der Waals surface area contributed by atoms with E-state index in [0.29, 0.717) is 12.5 Å². The topological polar surface area (TPSA) is 66.4 Å². The van der Waals surface area contributed by atoms with Crippen LogP contribution in [0.25, 0.3) is 0 Å². The number of aliphatic hydroxyl groups excluding tert-OH is 1. The van der Waals surface area contributed by atoms with Crippen LogP contribution in [0.3, 0.4) is 0 Å². The third-order valence-electron chi connectivity index (χ3n) is 3.51. The van der Waals surface area contributed by atoms with Gasteiger partial charge in [-0.1, -0.05) is 6.42 Å². The molecule has 1 saturated carbocycles. The molecule has 0 spiro atoms. The molecule has 2 N–H and O–H groups in total. The number of hydrogen-bond donors (Lipinski definition) is 2. The summed E-state index contributed by atoms with van der Waals surface area (Å²) in [7, 11) is -3.03. The molecule has 0 aromatic heterocycles. The Bertz CT molecular complexity index is 332. The van der Waals surface area contributed by atoms with Gasteiger partial charge in [0.15, 0.2) is 9.84 Å². The molecule has 0 radical (unpaired) electrons. The summed E-state index contributed by atoms with van der Waals surface area (Å²) >= 11 is 0. The van der Waals surface area contributed by atoms with Gasteiger partial charge in [-0.25, -0.2) is 8.42 Å². The van der Waals surface area contributed by atoms with Gasteiger partial charge >= 0.3 is 0 Å². The van der Waals surface area contributed by atoms with E-state index in [0.717, 1.165) is 25.8 Å². The highest BCUT2D eigenvalue weighted by Crippen LogP contribution is 2.24. The fourth-order valence-corrected chi connectivity index (χ4v) is 3.08. The van der Waals surface area contributed by atoms with Crippen molar-refractivity contribution in [1.82, 2.24) is 5.32 Å². The first kappa shape index (κ1) is 14.9. The van der Waals surface area contributed by atoms with Crippen LogP contribution in [0.5, 0.6) is 0 Å². The summed E-state index contributed by atoms with van der Waals surface area (Å²) in [6.07, 6.45) is 2.79. The van der Waals surface area contributed by atoms with Crippen molar-refractivity contribution in [3.05, 3.63) is 0 Å². The van der Waals surface area contributed by atoms with E-state index in [1.54, 1.807) is 20.8 Å². The Morgan fingerprint density at radius 3 is 2.41 bits per heavy atom. The molecule has 0 aliphatic heterocycles. The van der Waals surface area contributed by atoms with Gasteiger partial charge < -0.3 is 10.4 Å². The van der Waals surface area contributed by atoms with Gasteiger partial charge in [-0.3, -0.25) is 0 Å². The van der Waals surface area contributed by atoms with Crippen molar-refractivity contribution in [2.24, 2.45) is 5.92 Å². The van der Waals surface area contributed by atoms with Gasteiger partial charge in [0.05, 0.1) is 16.6 Å². The quantitative estimate of drug-likeness (QED) is 0.725. The average Bonchev–Trinajstić information content (AvgIpc) is 2.57. The van der Waals surface area contributed by atoms with Gasteiger partial charge in [0.2, 0.25) is 0 Å². The fraction of sp³-hybridized carbons (Fsp3) is 1.00. The molecule has 2 atom stereocenters.